The number of aliphatic hydroxyl groups excluding tert-OH is 2. The SMILES string of the molecule is O=C(Nc1ncnc2c1nc(OCc1ccccc1)n2[C@H]1C[C@H](O)[C@@H](CO)O1)c1ccccc1. The van der Waals surface area contributed by atoms with Crippen LogP contribution in [-0.2, 0) is 11.3 Å². The van der Waals surface area contributed by atoms with Gasteiger partial charge in [-0.2, -0.15) is 4.98 Å². The molecular formula is C24H23N5O5. The van der Waals surface area contributed by atoms with Gasteiger partial charge in [0, 0.05) is 12.0 Å². The number of amides is 1. The minimum atomic E-state index is -0.853. The fraction of sp³-hybridized carbons (Fsp3) is 0.250. The number of rotatable bonds is 7. The molecule has 0 bridgehead atoms. The fourth-order valence-corrected chi connectivity index (χ4v) is 3.87. The van der Waals surface area contributed by atoms with Crippen LogP contribution >= 0.6 is 0 Å². The molecule has 0 unspecified atom stereocenters. The van der Waals surface area contributed by atoms with Crippen molar-refractivity contribution in [3.63, 3.8) is 0 Å². The molecule has 0 aliphatic carbocycles. The second-order valence-corrected chi connectivity index (χ2v) is 7.87. The Morgan fingerprint density at radius 3 is 2.56 bits per heavy atom. The van der Waals surface area contributed by atoms with Crippen LogP contribution in [0.5, 0.6) is 6.01 Å². The van der Waals surface area contributed by atoms with Crippen LogP contribution in [0.1, 0.15) is 28.6 Å². The van der Waals surface area contributed by atoms with E-state index in [-0.39, 0.29) is 37.4 Å². The van der Waals surface area contributed by atoms with E-state index in [4.69, 9.17) is 9.47 Å². The zero-order valence-corrected chi connectivity index (χ0v) is 18.1. The van der Waals surface area contributed by atoms with Crippen molar-refractivity contribution >= 4 is 22.9 Å². The highest BCUT2D eigenvalue weighted by Crippen LogP contribution is 2.36. The Labute approximate surface area is 194 Å². The molecule has 1 aliphatic heterocycles. The van der Waals surface area contributed by atoms with E-state index in [0.29, 0.717) is 16.7 Å². The van der Waals surface area contributed by atoms with Gasteiger partial charge in [0.1, 0.15) is 25.3 Å². The number of aliphatic hydroxyl groups is 2. The number of hydrogen-bond acceptors (Lipinski definition) is 8. The van der Waals surface area contributed by atoms with Crippen LogP contribution in [0.3, 0.4) is 0 Å². The van der Waals surface area contributed by atoms with Gasteiger partial charge in [0.05, 0.1) is 12.7 Å². The van der Waals surface area contributed by atoms with Crippen LogP contribution in [0.2, 0.25) is 0 Å². The van der Waals surface area contributed by atoms with E-state index in [2.05, 4.69) is 20.3 Å². The number of anilines is 1. The third-order valence-corrected chi connectivity index (χ3v) is 5.60. The van der Waals surface area contributed by atoms with E-state index < -0.39 is 18.4 Å². The summed E-state index contributed by atoms with van der Waals surface area (Å²) in [5.74, 6) is -0.116. The summed E-state index contributed by atoms with van der Waals surface area (Å²) in [6.45, 7) is -0.0835. The second-order valence-electron chi connectivity index (χ2n) is 7.87. The molecule has 1 saturated heterocycles. The monoisotopic (exact) mass is 461 g/mol. The van der Waals surface area contributed by atoms with Gasteiger partial charge in [-0.25, -0.2) is 9.97 Å². The van der Waals surface area contributed by atoms with Crippen molar-refractivity contribution < 1.29 is 24.5 Å². The van der Waals surface area contributed by atoms with E-state index in [1.165, 1.54) is 6.33 Å². The number of nitrogens with zero attached hydrogens (tertiary/aromatic N) is 4. The molecule has 0 spiro atoms. The molecule has 3 heterocycles. The van der Waals surface area contributed by atoms with Crippen LogP contribution in [-0.4, -0.2) is 54.5 Å². The van der Waals surface area contributed by atoms with Gasteiger partial charge in [0.15, 0.2) is 17.0 Å². The molecule has 1 aliphatic rings. The number of imidazole rings is 1. The topological polar surface area (TPSA) is 132 Å². The average Bonchev–Trinajstić information content (AvgIpc) is 3.44. The Bertz CT molecular complexity index is 1280. The van der Waals surface area contributed by atoms with Crippen molar-refractivity contribution in [3.8, 4) is 6.01 Å². The second kappa shape index (κ2) is 9.56. The predicted molar refractivity (Wildman–Crippen MR) is 122 cm³/mol. The number of benzene rings is 2. The lowest BCUT2D eigenvalue weighted by molar-refractivity contribution is -0.0456. The van der Waals surface area contributed by atoms with E-state index in [0.717, 1.165) is 5.56 Å². The third-order valence-electron chi connectivity index (χ3n) is 5.60. The van der Waals surface area contributed by atoms with E-state index in [1.54, 1.807) is 28.8 Å². The summed E-state index contributed by atoms with van der Waals surface area (Å²) in [7, 11) is 0. The normalized spacial score (nSPS) is 19.9. The fourth-order valence-electron chi connectivity index (χ4n) is 3.87. The Balaban J connectivity index is 1.52. The molecule has 1 amide bonds. The number of ether oxygens (including phenoxy) is 2. The van der Waals surface area contributed by atoms with Crippen molar-refractivity contribution in [3.05, 3.63) is 78.1 Å². The summed E-state index contributed by atoms with van der Waals surface area (Å²) < 4.78 is 13.5. The molecule has 34 heavy (non-hydrogen) atoms. The molecule has 10 heteroatoms. The molecule has 3 N–H and O–H groups in total. The van der Waals surface area contributed by atoms with Gasteiger partial charge in [0.25, 0.3) is 5.91 Å². The zero-order valence-electron chi connectivity index (χ0n) is 18.1. The lowest BCUT2D eigenvalue weighted by atomic mass is 10.2. The average molecular weight is 461 g/mol. The smallest absolute Gasteiger partial charge is 0.301 e. The maximum atomic E-state index is 12.7. The summed E-state index contributed by atoms with van der Waals surface area (Å²) in [6.07, 6.45) is -0.724. The number of carbonyl (C=O) groups is 1. The minimum Gasteiger partial charge on any atom is -0.460 e. The van der Waals surface area contributed by atoms with Gasteiger partial charge in [-0.05, 0) is 17.7 Å². The van der Waals surface area contributed by atoms with Crippen LogP contribution in [0.25, 0.3) is 11.2 Å². The van der Waals surface area contributed by atoms with Gasteiger partial charge in [-0.3, -0.25) is 9.36 Å². The number of nitrogens with one attached hydrogen (secondary N) is 1. The quantitative estimate of drug-likeness (QED) is 0.382. The molecule has 174 valence electrons. The Morgan fingerprint density at radius 1 is 1.12 bits per heavy atom. The van der Waals surface area contributed by atoms with Crippen molar-refractivity contribution in [1.82, 2.24) is 19.5 Å². The minimum absolute atomic E-state index is 0.199. The molecule has 3 atom stereocenters. The maximum absolute atomic E-state index is 12.7. The Hall–Kier alpha value is -3.86. The standard InChI is InChI=1S/C24H23N5O5/c30-12-18-17(31)11-19(34-18)29-22-20(27-24(29)33-13-15-7-3-1-4-8-15)21(25-14-26-22)28-23(32)16-9-5-2-6-10-16/h1-10,14,17-19,30-31H,11-13H2,(H,25,26,28,32)/t17-,18+,19+/m0/s1. The predicted octanol–water partition coefficient (Wildman–Crippen LogP) is 2.30. The van der Waals surface area contributed by atoms with Crippen LogP contribution in [0, 0.1) is 0 Å². The van der Waals surface area contributed by atoms with E-state index >= 15 is 0 Å². The van der Waals surface area contributed by atoms with E-state index in [9.17, 15) is 15.0 Å². The lowest BCUT2D eigenvalue weighted by Gasteiger charge is -2.16. The summed E-state index contributed by atoms with van der Waals surface area (Å²) in [4.78, 5) is 25.9. The first-order valence-electron chi connectivity index (χ1n) is 10.8. The molecule has 0 radical (unpaired) electrons. The molecule has 2 aromatic carbocycles. The van der Waals surface area contributed by atoms with Crippen LogP contribution in [0.15, 0.2) is 67.0 Å². The third kappa shape index (κ3) is 4.34. The summed E-state index contributed by atoms with van der Waals surface area (Å²) in [5.41, 5.74) is 2.10. The summed E-state index contributed by atoms with van der Waals surface area (Å²) in [5, 5.41) is 22.6. The van der Waals surface area contributed by atoms with Crippen molar-refractivity contribution in [2.24, 2.45) is 0 Å². The molecule has 10 nitrogen and oxygen atoms in total. The lowest BCUT2D eigenvalue weighted by Crippen LogP contribution is -2.24. The first-order chi connectivity index (χ1) is 16.6. The van der Waals surface area contributed by atoms with Crippen LogP contribution in [0.4, 0.5) is 5.82 Å². The molecule has 1 fully saturated rings. The molecule has 0 saturated carbocycles. The van der Waals surface area contributed by atoms with Gasteiger partial charge >= 0.3 is 6.01 Å². The van der Waals surface area contributed by atoms with Gasteiger partial charge in [-0.1, -0.05) is 48.5 Å². The molecule has 4 aromatic rings. The Kier molecular flexibility index (Phi) is 6.17. The van der Waals surface area contributed by atoms with E-state index in [1.807, 2.05) is 36.4 Å². The largest absolute Gasteiger partial charge is 0.460 e. The maximum Gasteiger partial charge on any atom is 0.301 e. The van der Waals surface area contributed by atoms with Gasteiger partial charge in [0.2, 0.25) is 0 Å². The summed E-state index contributed by atoms with van der Waals surface area (Å²) >= 11 is 0. The summed E-state index contributed by atoms with van der Waals surface area (Å²) in [6, 6.07) is 18.6. The van der Waals surface area contributed by atoms with Crippen molar-refractivity contribution in [2.45, 2.75) is 31.5 Å². The van der Waals surface area contributed by atoms with Gasteiger partial charge < -0.3 is 25.0 Å². The number of fused-ring (bicyclic) bond motifs is 1. The van der Waals surface area contributed by atoms with Crippen molar-refractivity contribution in [2.75, 3.05) is 11.9 Å². The first kappa shape index (κ1) is 22.0. The van der Waals surface area contributed by atoms with Gasteiger partial charge in [-0.15, -0.1) is 0 Å². The van der Waals surface area contributed by atoms with Crippen molar-refractivity contribution in [1.29, 1.82) is 0 Å². The number of hydrogen-bond donors (Lipinski definition) is 3. The highest BCUT2D eigenvalue weighted by atomic mass is 16.6. The molecule has 5 rings (SSSR count). The highest BCUT2D eigenvalue weighted by molar-refractivity contribution is 6.06. The molecule has 2 aromatic heterocycles. The molecular weight excluding hydrogens is 438 g/mol. The van der Waals surface area contributed by atoms with Crippen LogP contribution < -0.4 is 10.1 Å². The highest BCUT2D eigenvalue weighted by Gasteiger charge is 2.37. The first-order valence-corrected chi connectivity index (χ1v) is 10.8. The Morgan fingerprint density at radius 2 is 1.85 bits per heavy atom. The zero-order chi connectivity index (χ0) is 23.5. The number of aromatic nitrogens is 4. The number of carbonyl (C=O) groups excluding carboxylic acids is 1.